The number of likely N-dealkylation sites (tertiary alicyclic amines) is 1. The van der Waals surface area contributed by atoms with E-state index in [4.69, 9.17) is 11.6 Å². The highest BCUT2D eigenvalue weighted by molar-refractivity contribution is 14.1. The molecule has 0 aromatic heterocycles. The van der Waals surface area contributed by atoms with Crippen molar-refractivity contribution < 1.29 is 4.79 Å². The van der Waals surface area contributed by atoms with Crippen LogP contribution in [0.4, 0.5) is 0 Å². The van der Waals surface area contributed by atoms with Crippen LogP contribution in [0.5, 0.6) is 0 Å². The molecule has 1 saturated heterocycles. The highest BCUT2D eigenvalue weighted by Crippen LogP contribution is 2.29. The number of nitrogens with one attached hydrogen (secondary N) is 1. The maximum atomic E-state index is 12.2. The standard InChI is InChI=1S/C15H18ClIN2O/c16-13-9-10(1-4-14(13)17)15(20)18-11-5-7-19(8-6-11)12-2-3-12/h1,4,9,11-12H,2-3,5-8H2,(H,18,20). The molecule has 20 heavy (non-hydrogen) atoms. The number of benzene rings is 1. The lowest BCUT2D eigenvalue weighted by molar-refractivity contribution is 0.0909. The second kappa shape index (κ2) is 6.20. The van der Waals surface area contributed by atoms with Crippen LogP contribution in [0, 0.1) is 3.57 Å². The number of carbonyl (C=O) groups is 1. The fourth-order valence-electron chi connectivity index (χ4n) is 2.75. The summed E-state index contributed by atoms with van der Waals surface area (Å²) in [7, 11) is 0. The molecule has 108 valence electrons. The van der Waals surface area contributed by atoms with E-state index in [0.29, 0.717) is 16.6 Å². The summed E-state index contributed by atoms with van der Waals surface area (Å²) in [6.45, 7) is 2.23. The van der Waals surface area contributed by atoms with Crippen molar-refractivity contribution in [2.75, 3.05) is 13.1 Å². The Balaban J connectivity index is 1.54. The monoisotopic (exact) mass is 404 g/mol. The summed E-state index contributed by atoms with van der Waals surface area (Å²) in [5.74, 6) is -0.00632. The summed E-state index contributed by atoms with van der Waals surface area (Å²) in [6, 6.07) is 6.60. The Bertz CT molecular complexity index is 511. The van der Waals surface area contributed by atoms with Crippen LogP contribution in [-0.2, 0) is 0 Å². The van der Waals surface area contributed by atoms with E-state index in [1.54, 1.807) is 6.07 Å². The predicted molar refractivity (Wildman–Crippen MR) is 89.3 cm³/mol. The lowest BCUT2D eigenvalue weighted by Crippen LogP contribution is -2.45. The SMILES string of the molecule is O=C(NC1CCN(C2CC2)CC1)c1ccc(I)c(Cl)c1. The molecular formula is C15H18ClIN2O. The number of amides is 1. The van der Waals surface area contributed by atoms with Gasteiger partial charge in [-0.2, -0.15) is 0 Å². The molecule has 0 spiro atoms. The molecular weight excluding hydrogens is 387 g/mol. The zero-order chi connectivity index (χ0) is 14.1. The van der Waals surface area contributed by atoms with Gasteiger partial charge in [-0.25, -0.2) is 0 Å². The van der Waals surface area contributed by atoms with Gasteiger partial charge < -0.3 is 10.2 Å². The molecule has 1 aliphatic heterocycles. The highest BCUT2D eigenvalue weighted by Gasteiger charge is 2.32. The highest BCUT2D eigenvalue weighted by atomic mass is 127. The first-order valence-electron chi connectivity index (χ1n) is 7.13. The predicted octanol–water partition coefficient (Wildman–Crippen LogP) is 3.30. The van der Waals surface area contributed by atoms with E-state index in [-0.39, 0.29) is 5.91 Å². The first-order valence-corrected chi connectivity index (χ1v) is 8.59. The first-order chi connectivity index (χ1) is 9.63. The normalized spacial score (nSPS) is 20.9. The fraction of sp³-hybridized carbons (Fsp3) is 0.533. The quantitative estimate of drug-likeness (QED) is 0.784. The molecule has 1 aromatic carbocycles. The summed E-state index contributed by atoms with van der Waals surface area (Å²) >= 11 is 8.23. The van der Waals surface area contributed by atoms with E-state index in [0.717, 1.165) is 35.5 Å². The number of piperidine rings is 1. The number of halogens is 2. The van der Waals surface area contributed by atoms with Gasteiger partial charge in [0, 0.05) is 34.3 Å². The van der Waals surface area contributed by atoms with Crippen LogP contribution in [0.1, 0.15) is 36.0 Å². The van der Waals surface area contributed by atoms with Gasteiger partial charge in [-0.15, -0.1) is 0 Å². The van der Waals surface area contributed by atoms with Crippen molar-refractivity contribution in [2.24, 2.45) is 0 Å². The molecule has 1 amide bonds. The van der Waals surface area contributed by atoms with Crippen molar-refractivity contribution in [1.82, 2.24) is 10.2 Å². The topological polar surface area (TPSA) is 32.3 Å². The molecule has 2 fully saturated rings. The molecule has 5 heteroatoms. The van der Waals surface area contributed by atoms with E-state index < -0.39 is 0 Å². The Hall–Kier alpha value is -0.330. The second-order valence-corrected chi connectivity index (χ2v) is 7.21. The van der Waals surface area contributed by atoms with Gasteiger partial charge in [0.25, 0.3) is 5.91 Å². The minimum absolute atomic E-state index is 0.00632. The average Bonchev–Trinajstić information content (AvgIpc) is 3.27. The average molecular weight is 405 g/mol. The van der Waals surface area contributed by atoms with E-state index in [9.17, 15) is 4.79 Å². The number of nitrogens with zero attached hydrogens (tertiary/aromatic N) is 1. The van der Waals surface area contributed by atoms with Crippen LogP contribution >= 0.6 is 34.2 Å². The molecule has 0 atom stereocenters. The summed E-state index contributed by atoms with van der Waals surface area (Å²) in [5.41, 5.74) is 0.653. The third-order valence-corrected chi connectivity index (χ3v) is 5.68. The molecule has 3 rings (SSSR count). The summed E-state index contributed by atoms with van der Waals surface area (Å²) < 4.78 is 0.971. The molecule has 1 N–H and O–H groups in total. The summed E-state index contributed by atoms with van der Waals surface area (Å²) in [5, 5.41) is 3.78. The van der Waals surface area contributed by atoms with E-state index in [1.165, 1.54) is 12.8 Å². The summed E-state index contributed by atoms with van der Waals surface area (Å²) in [4.78, 5) is 14.8. The number of hydrogen-bond acceptors (Lipinski definition) is 2. The zero-order valence-electron chi connectivity index (χ0n) is 11.2. The van der Waals surface area contributed by atoms with E-state index in [2.05, 4.69) is 32.8 Å². The van der Waals surface area contributed by atoms with E-state index in [1.807, 2.05) is 12.1 Å². The lowest BCUT2D eigenvalue weighted by atomic mass is 10.0. The van der Waals surface area contributed by atoms with Crippen LogP contribution < -0.4 is 5.32 Å². The van der Waals surface area contributed by atoms with Crippen molar-refractivity contribution in [1.29, 1.82) is 0 Å². The zero-order valence-corrected chi connectivity index (χ0v) is 14.2. The third kappa shape index (κ3) is 3.46. The van der Waals surface area contributed by atoms with Gasteiger partial charge in [0.1, 0.15) is 0 Å². The Labute approximate surface area is 138 Å². The van der Waals surface area contributed by atoms with Crippen molar-refractivity contribution >= 4 is 40.1 Å². The largest absolute Gasteiger partial charge is 0.349 e. The fourth-order valence-corrected chi connectivity index (χ4v) is 3.27. The molecule has 1 aliphatic carbocycles. The number of carbonyl (C=O) groups excluding carboxylic acids is 1. The van der Waals surface area contributed by atoms with Crippen LogP contribution in [0.3, 0.4) is 0 Å². The number of rotatable bonds is 3. The van der Waals surface area contributed by atoms with Gasteiger partial charge in [-0.3, -0.25) is 4.79 Å². The molecule has 1 aromatic rings. The third-order valence-electron chi connectivity index (χ3n) is 4.11. The van der Waals surface area contributed by atoms with Crippen molar-refractivity contribution in [3.8, 4) is 0 Å². The summed E-state index contributed by atoms with van der Waals surface area (Å²) in [6.07, 6.45) is 4.83. The van der Waals surface area contributed by atoms with Crippen molar-refractivity contribution in [2.45, 2.75) is 37.8 Å². The second-order valence-electron chi connectivity index (χ2n) is 5.64. The smallest absolute Gasteiger partial charge is 0.251 e. The first kappa shape index (κ1) is 14.6. The molecule has 0 unspecified atom stereocenters. The maximum Gasteiger partial charge on any atom is 0.251 e. The maximum absolute atomic E-state index is 12.2. The van der Waals surface area contributed by atoms with Crippen LogP contribution in [-0.4, -0.2) is 36.0 Å². The Kier molecular flexibility index (Phi) is 4.52. The number of hydrogen-bond donors (Lipinski definition) is 1. The molecule has 1 saturated carbocycles. The van der Waals surface area contributed by atoms with Crippen LogP contribution in [0.2, 0.25) is 5.02 Å². The van der Waals surface area contributed by atoms with Gasteiger partial charge in [-0.1, -0.05) is 11.6 Å². The molecule has 2 aliphatic rings. The molecule has 3 nitrogen and oxygen atoms in total. The Morgan fingerprint density at radius 3 is 2.55 bits per heavy atom. The van der Waals surface area contributed by atoms with Gasteiger partial charge >= 0.3 is 0 Å². The Morgan fingerprint density at radius 2 is 1.95 bits per heavy atom. The van der Waals surface area contributed by atoms with Gasteiger partial charge in [-0.05, 0) is 66.5 Å². The van der Waals surface area contributed by atoms with Crippen LogP contribution in [0.25, 0.3) is 0 Å². The van der Waals surface area contributed by atoms with Gasteiger partial charge in [0.15, 0.2) is 0 Å². The van der Waals surface area contributed by atoms with Crippen molar-refractivity contribution in [3.63, 3.8) is 0 Å². The molecule has 0 radical (unpaired) electrons. The van der Waals surface area contributed by atoms with Crippen LogP contribution in [0.15, 0.2) is 18.2 Å². The van der Waals surface area contributed by atoms with Gasteiger partial charge in [0.2, 0.25) is 0 Å². The minimum atomic E-state index is -0.00632. The van der Waals surface area contributed by atoms with E-state index >= 15 is 0 Å². The van der Waals surface area contributed by atoms with Crippen molar-refractivity contribution in [3.05, 3.63) is 32.4 Å². The molecule has 1 heterocycles. The lowest BCUT2D eigenvalue weighted by Gasteiger charge is -2.32. The molecule has 0 bridgehead atoms. The minimum Gasteiger partial charge on any atom is -0.349 e. The Morgan fingerprint density at radius 1 is 1.25 bits per heavy atom. The van der Waals surface area contributed by atoms with Gasteiger partial charge in [0.05, 0.1) is 5.02 Å².